The topological polar surface area (TPSA) is 58.6 Å². The van der Waals surface area contributed by atoms with Crippen molar-refractivity contribution in [3.05, 3.63) is 23.8 Å². The van der Waals surface area contributed by atoms with E-state index in [9.17, 15) is 9.90 Å². The van der Waals surface area contributed by atoms with Crippen LogP contribution in [0.2, 0.25) is 0 Å². The van der Waals surface area contributed by atoms with Gasteiger partial charge in [-0.25, -0.2) is 0 Å². The lowest BCUT2D eigenvalue weighted by atomic mass is 9.96. The third-order valence-corrected chi connectivity index (χ3v) is 3.54. The molecule has 1 aromatic rings. The number of aromatic hydroxyl groups is 1. The molecular formula is C14H17NO3. The van der Waals surface area contributed by atoms with E-state index in [2.05, 4.69) is 5.32 Å². The van der Waals surface area contributed by atoms with Crippen LogP contribution in [0.4, 0.5) is 0 Å². The van der Waals surface area contributed by atoms with Gasteiger partial charge in [0.05, 0.1) is 6.61 Å². The summed E-state index contributed by atoms with van der Waals surface area (Å²) in [6, 6.07) is 5.17. The average molecular weight is 247 g/mol. The van der Waals surface area contributed by atoms with Crippen LogP contribution in [-0.4, -0.2) is 24.2 Å². The zero-order valence-electron chi connectivity index (χ0n) is 10.2. The summed E-state index contributed by atoms with van der Waals surface area (Å²) in [5.41, 5.74) is 1.02. The van der Waals surface area contributed by atoms with Crippen LogP contribution in [0.3, 0.4) is 0 Å². The van der Waals surface area contributed by atoms with E-state index in [0.717, 1.165) is 30.6 Å². The fraction of sp³-hybridized carbons (Fsp3) is 0.500. The maximum Gasteiger partial charge on any atom is 0.223 e. The number of phenolic OH excluding ortho intramolecular Hbond substituents is 1. The molecule has 1 aromatic carbocycles. The first-order valence-electron chi connectivity index (χ1n) is 6.45. The Morgan fingerprint density at radius 3 is 3.06 bits per heavy atom. The first-order valence-corrected chi connectivity index (χ1v) is 6.45. The first kappa shape index (κ1) is 11.4. The van der Waals surface area contributed by atoms with Gasteiger partial charge in [0.2, 0.25) is 5.91 Å². The van der Waals surface area contributed by atoms with Crippen LogP contribution in [0.15, 0.2) is 18.2 Å². The number of phenols is 1. The lowest BCUT2D eigenvalue weighted by Crippen LogP contribution is -2.35. The number of carbonyl (C=O) groups excluding carboxylic acids is 1. The highest BCUT2D eigenvalue weighted by Crippen LogP contribution is 2.31. The van der Waals surface area contributed by atoms with Gasteiger partial charge >= 0.3 is 0 Å². The zero-order chi connectivity index (χ0) is 12.5. The molecule has 1 amide bonds. The minimum Gasteiger partial charge on any atom is -0.508 e. The number of nitrogens with one attached hydrogen (secondary N) is 1. The molecule has 0 aromatic heterocycles. The highest BCUT2D eigenvalue weighted by Gasteiger charge is 2.30. The SMILES string of the molecule is O=C(NCC1COc2ccc(O)cc2C1)C1CC1. The van der Waals surface area contributed by atoms with Crippen molar-refractivity contribution in [1.82, 2.24) is 5.32 Å². The molecule has 1 unspecified atom stereocenters. The van der Waals surface area contributed by atoms with Crippen molar-refractivity contribution in [2.75, 3.05) is 13.2 Å². The van der Waals surface area contributed by atoms with E-state index in [-0.39, 0.29) is 17.6 Å². The Hall–Kier alpha value is -1.71. The molecule has 0 bridgehead atoms. The number of benzene rings is 1. The van der Waals surface area contributed by atoms with E-state index >= 15 is 0 Å². The third-order valence-electron chi connectivity index (χ3n) is 3.54. The third kappa shape index (κ3) is 2.42. The Kier molecular flexibility index (Phi) is 2.86. The molecule has 0 spiro atoms. The Morgan fingerprint density at radius 2 is 2.28 bits per heavy atom. The maximum absolute atomic E-state index is 11.6. The fourth-order valence-electron chi connectivity index (χ4n) is 2.31. The van der Waals surface area contributed by atoms with Crippen LogP contribution in [0, 0.1) is 11.8 Å². The quantitative estimate of drug-likeness (QED) is 0.850. The van der Waals surface area contributed by atoms with Crippen molar-refractivity contribution in [2.24, 2.45) is 11.8 Å². The molecule has 4 heteroatoms. The van der Waals surface area contributed by atoms with Gasteiger partial charge in [0.1, 0.15) is 11.5 Å². The van der Waals surface area contributed by atoms with E-state index in [4.69, 9.17) is 4.74 Å². The molecule has 1 fully saturated rings. The van der Waals surface area contributed by atoms with Gasteiger partial charge in [-0.3, -0.25) is 4.79 Å². The summed E-state index contributed by atoms with van der Waals surface area (Å²) in [6.45, 7) is 1.28. The van der Waals surface area contributed by atoms with Gasteiger partial charge in [0, 0.05) is 18.4 Å². The summed E-state index contributed by atoms with van der Waals surface area (Å²) >= 11 is 0. The number of hydrogen-bond acceptors (Lipinski definition) is 3. The number of fused-ring (bicyclic) bond motifs is 1. The van der Waals surface area contributed by atoms with Crippen LogP contribution in [0.5, 0.6) is 11.5 Å². The molecule has 1 aliphatic heterocycles. The van der Waals surface area contributed by atoms with Crippen molar-refractivity contribution in [3.8, 4) is 11.5 Å². The van der Waals surface area contributed by atoms with E-state index < -0.39 is 0 Å². The van der Waals surface area contributed by atoms with Gasteiger partial charge in [0.15, 0.2) is 0 Å². The second-order valence-electron chi connectivity index (χ2n) is 5.19. The molecule has 4 nitrogen and oxygen atoms in total. The highest BCUT2D eigenvalue weighted by molar-refractivity contribution is 5.80. The lowest BCUT2D eigenvalue weighted by molar-refractivity contribution is -0.122. The molecule has 1 atom stereocenters. The molecule has 1 saturated carbocycles. The van der Waals surface area contributed by atoms with Crippen molar-refractivity contribution >= 4 is 5.91 Å². The summed E-state index contributed by atoms with van der Waals surface area (Å²) in [5.74, 6) is 1.84. The van der Waals surface area contributed by atoms with Gasteiger partial charge in [-0.1, -0.05) is 0 Å². The summed E-state index contributed by atoms with van der Waals surface area (Å²) in [7, 11) is 0. The number of carbonyl (C=O) groups is 1. The van der Waals surface area contributed by atoms with Gasteiger partial charge in [-0.15, -0.1) is 0 Å². The monoisotopic (exact) mass is 247 g/mol. The summed E-state index contributed by atoms with van der Waals surface area (Å²) < 4.78 is 5.64. The van der Waals surface area contributed by atoms with Crippen molar-refractivity contribution in [3.63, 3.8) is 0 Å². The second-order valence-corrected chi connectivity index (χ2v) is 5.19. The summed E-state index contributed by atoms with van der Waals surface area (Å²) in [5, 5.41) is 12.4. The minimum atomic E-state index is 0.178. The number of amides is 1. The number of ether oxygens (including phenoxy) is 1. The number of hydrogen-bond donors (Lipinski definition) is 2. The normalized spacial score (nSPS) is 21.9. The van der Waals surface area contributed by atoms with Crippen molar-refractivity contribution < 1.29 is 14.6 Å². The molecule has 2 aliphatic rings. The van der Waals surface area contributed by atoms with Crippen LogP contribution >= 0.6 is 0 Å². The van der Waals surface area contributed by atoms with Crippen LogP contribution in [-0.2, 0) is 11.2 Å². The molecule has 0 saturated heterocycles. The van der Waals surface area contributed by atoms with Crippen LogP contribution < -0.4 is 10.1 Å². The molecule has 2 N–H and O–H groups in total. The van der Waals surface area contributed by atoms with Crippen LogP contribution in [0.25, 0.3) is 0 Å². The Morgan fingerprint density at radius 1 is 1.44 bits per heavy atom. The van der Waals surface area contributed by atoms with E-state index in [1.54, 1.807) is 18.2 Å². The van der Waals surface area contributed by atoms with Gasteiger partial charge in [-0.2, -0.15) is 0 Å². The molecular weight excluding hydrogens is 230 g/mol. The van der Waals surface area contributed by atoms with Crippen LogP contribution in [0.1, 0.15) is 18.4 Å². The predicted molar refractivity (Wildman–Crippen MR) is 66.5 cm³/mol. The van der Waals surface area contributed by atoms with E-state index in [0.29, 0.717) is 19.1 Å². The molecule has 0 radical (unpaired) electrons. The number of rotatable bonds is 3. The predicted octanol–water partition coefficient (Wildman–Crippen LogP) is 1.47. The van der Waals surface area contributed by atoms with Gasteiger partial charge in [0.25, 0.3) is 0 Å². The van der Waals surface area contributed by atoms with Gasteiger partial charge in [-0.05, 0) is 43.0 Å². The molecule has 3 rings (SSSR count). The molecule has 96 valence electrons. The molecule has 18 heavy (non-hydrogen) atoms. The zero-order valence-corrected chi connectivity index (χ0v) is 10.2. The largest absolute Gasteiger partial charge is 0.508 e. The average Bonchev–Trinajstić information content (AvgIpc) is 3.19. The smallest absolute Gasteiger partial charge is 0.223 e. The van der Waals surface area contributed by atoms with E-state index in [1.165, 1.54) is 0 Å². The van der Waals surface area contributed by atoms with E-state index in [1.807, 2.05) is 0 Å². The Labute approximate surface area is 106 Å². The highest BCUT2D eigenvalue weighted by atomic mass is 16.5. The molecule has 1 aliphatic carbocycles. The fourth-order valence-corrected chi connectivity index (χ4v) is 2.31. The van der Waals surface area contributed by atoms with Crippen molar-refractivity contribution in [2.45, 2.75) is 19.3 Å². The Balaban J connectivity index is 1.58. The second kappa shape index (κ2) is 4.52. The Bertz CT molecular complexity index is 468. The van der Waals surface area contributed by atoms with Gasteiger partial charge < -0.3 is 15.2 Å². The minimum absolute atomic E-state index is 0.178. The summed E-state index contributed by atoms with van der Waals surface area (Å²) in [4.78, 5) is 11.6. The lowest BCUT2D eigenvalue weighted by Gasteiger charge is -2.25. The maximum atomic E-state index is 11.6. The summed E-state index contributed by atoms with van der Waals surface area (Å²) in [6.07, 6.45) is 2.90. The molecule has 1 heterocycles. The standard InChI is InChI=1S/C14H17NO3/c16-12-3-4-13-11(6-12)5-9(8-18-13)7-15-14(17)10-1-2-10/h3-4,6,9-10,16H,1-2,5,7-8H2,(H,15,17). The van der Waals surface area contributed by atoms with Crippen molar-refractivity contribution in [1.29, 1.82) is 0 Å². The first-order chi connectivity index (χ1) is 8.72.